The first kappa shape index (κ1) is 45.7. The van der Waals surface area contributed by atoms with Gasteiger partial charge in [0.05, 0.1) is 18.2 Å². The number of nitrogens with zero attached hydrogens (tertiary/aromatic N) is 2. The molecule has 5 aromatic carbocycles. The highest BCUT2D eigenvalue weighted by atomic mass is 19.1. The van der Waals surface area contributed by atoms with Crippen molar-refractivity contribution in [3.8, 4) is 11.5 Å². The summed E-state index contributed by atoms with van der Waals surface area (Å²) >= 11 is 0. The molecule has 9 nitrogen and oxygen atoms in total. The van der Waals surface area contributed by atoms with E-state index in [0.29, 0.717) is 48.4 Å². The summed E-state index contributed by atoms with van der Waals surface area (Å²) in [6, 6.07) is 35.6. The molecule has 1 fully saturated rings. The molecule has 340 valence electrons. The Balaban J connectivity index is 1.32. The minimum atomic E-state index is -1.40. The molecule has 0 spiro atoms. The summed E-state index contributed by atoms with van der Waals surface area (Å²) in [7, 11) is 0. The van der Waals surface area contributed by atoms with Gasteiger partial charge in [0.1, 0.15) is 36.6 Å². The topological polar surface area (TPSA) is 110 Å². The number of rotatable bonds is 21. The largest absolute Gasteiger partial charge is 0.489 e. The fourth-order valence-corrected chi connectivity index (χ4v) is 10.4. The molecule has 0 unspecified atom stereocenters. The van der Waals surface area contributed by atoms with Gasteiger partial charge in [-0.2, -0.15) is 0 Å². The van der Waals surface area contributed by atoms with Crippen LogP contribution in [0.15, 0.2) is 145 Å². The number of ether oxygens (including phenoxy) is 3. The third kappa shape index (κ3) is 9.91. The Kier molecular flexibility index (Phi) is 15.1. The van der Waals surface area contributed by atoms with E-state index in [2.05, 4.69) is 19.6 Å². The molecule has 0 bridgehead atoms. The van der Waals surface area contributed by atoms with Crippen LogP contribution < -0.4 is 9.47 Å². The summed E-state index contributed by atoms with van der Waals surface area (Å²) in [5, 5.41) is 27.0. The van der Waals surface area contributed by atoms with Gasteiger partial charge in [-0.05, 0) is 102 Å². The van der Waals surface area contributed by atoms with E-state index in [4.69, 9.17) is 24.2 Å². The van der Waals surface area contributed by atoms with Crippen molar-refractivity contribution < 1.29 is 38.4 Å². The number of aliphatic hydroxyl groups is 2. The molecule has 2 aliphatic carbocycles. The minimum Gasteiger partial charge on any atom is -0.489 e. The van der Waals surface area contributed by atoms with Crippen molar-refractivity contribution in [2.45, 2.75) is 89.3 Å². The number of carbonyl (C=O) groups excluding carboxylic acids is 1. The molecule has 1 saturated carbocycles. The number of benzene rings is 5. The maximum Gasteiger partial charge on any atom is 0.254 e. The van der Waals surface area contributed by atoms with Crippen LogP contribution in [0.3, 0.4) is 0 Å². The van der Waals surface area contributed by atoms with Crippen LogP contribution in [0.1, 0.15) is 91.3 Å². The fraction of sp³-hybridized carbons (Fsp3) is 0.382. The second kappa shape index (κ2) is 21.5. The fourth-order valence-electron chi connectivity index (χ4n) is 10.4. The van der Waals surface area contributed by atoms with Crippen LogP contribution in [-0.4, -0.2) is 64.9 Å². The van der Waals surface area contributed by atoms with Gasteiger partial charge >= 0.3 is 0 Å². The lowest BCUT2D eigenvalue weighted by Crippen LogP contribution is -2.70. The molecule has 0 saturated heterocycles. The molecule has 6 atom stereocenters. The van der Waals surface area contributed by atoms with Crippen LogP contribution >= 0.6 is 0 Å². The maximum atomic E-state index is 15.3. The van der Waals surface area contributed by atoms with Crippen LogP contribution in [-0.2, 0) is 22.8 Å². The van der Waals surface area contributed by atoms with Gasteiger partial charge < -0.3 is 34.2 Å². The van der Waals surface area contributed by atoms with Crippen molar-refractivity contribution in [1.82, 2.24) is 4.90 Å². The second-order valence-corrected chi connectivity index (χ2v) is 17.5. The highest BCUT2D eigenvalue weighted by Crippen LogP contribution is 2.62. The highest BCUT2D eigenvalue weighted by molar-refractivity contribution is 6.04. The predicted octanol–water partition coefficient (Wildman–Crippen LogP) is 10.9. The zero-order chi connectivity index (χ0) is 45.2. The first-order valence-corrected chi connectivity index (χ1v) is 23.3. The molecule has 65 heavy (non-hydrogen) atoms. The van der Waals surface area contributed by atoms with Gasteiger partial charge in [0.2, 0.25) is 5.79 Å². The maximum absolute atomic E-state index is 15.3. The SMILES string of the molecule is C=CCO[C@@]12Oc3ccc(OCc4ccccc4F)cc3[C@H]3[C@H](CCCCO)[C@@H](CCCCO)C=C(C(=NOCc4ccccc4)C[C@@H]1N(CCC)C(=O)c1ccc4ccccc4c1)[C@H]32. The summed E-state index contributed by atoms with van der Waals surface area (Å²) < 4.78 is 35.8. The predicted molar refractivity (Wildman–Crippen MR) is 252 cm³/mol. The van der Waals surface area contributed by atoms with E-state index in [1.54, 1.807) is 24.3 Å². The Morgan fingerprint density at radius 1 is 0.892 bits per heavy atom. The van der Waals surface area contributed by atoms with E-state index in [-0.39, 0.29) is 68.9 Å². The van der Waals surface area contributed by atoms with Crippen molar-refractivity contribution in [2.24, 2.45) is 22.9 Å². The number of hydrogen-bond donors (Lipinski definition) is 2. The number of carbonyl (C=O) groups is 1. The van der Waals surface area contributed by atoms with Crippen LogP contribution in [0.25, 0.3) is 10.8 Å². The Labute approximate surface area is 382 Å². The monoisotopic (exact) mass is 880 g/mol. The number of hydrogen-bond acceptors (Lipinski definition) is 8. The van der Waals surface area contributed by atoms with Gasteiger partial charge in [-0.3, -0.25) is 4.79 Å². The quantitative estimate of drug-likeness (QED) is 0.0429. The summed E-state index contributed by atoms with van der Waals surface area (Å²) in [5.74, 6) is -1.30. The second-order valence-electron chi connectivity index (χ2n) is 17.5. The molecule has 5 aromatic rings. The van der Waals surface area contributed by atoms with E-state index in [1.165, 1.54) is 6.07 Å². The zero-order valence-electron chi connectivity index (χ0n) is 37.3. The van der Waals surface area contributed by atoms with Gasteiger partial charge in [-0.25, -0.2) is 4.39 Å². The minimum absolute atomic E-state index is 0.0335. The third-order valence-electron chi connectivity index (χ3n) is 13.3. The van der Waals surface area contributed by atoms with Crippen molar-refractivity contribution in [1.29, 1.82) is 0 Å². The molecule has 2 N–H and O–H groups in total. The average Bonchev–Trinajstić information content (AvgIpc) is 3.33. The Bertz CT molecular complexity index is 2470. The standard InChI is InChI=1S/C55H61FN2O7/c1-3-28-58(54(61)42-25-24-39-18-8-9-19-40(39)32-42)51-35-49(57-64-36-38-16-6-5-7-17-38)46-33-41(20-12-14-29-59)45(22-13-15-30-60)52-47-34-44(62-37-43-21-10-11-23-48(43)56)26-27-50(47)65-55(51,53(46)52)63-31-4-2/h4-11,16-19,21,23-27,32-34,41,45,51-53,59-60H,2-3,12-15,20,22,28-31,35-37H2,1H3/t41-,45+,51-,52+,53+,55+/m0/s1. The van der Waals surface area contributed by atoms with E-state index >= 15 is 4.79 Å². The lowest BCUT2D eigenvalue weighted by atomic mass is 9.55. The third-order valence-corrected chi connectivity index (χ3v) is 13.3. The summed E-state index contributed by atoms with van der Waals surface area (Å²) in [6.07, 6.45) is 9.57. The van der Waals surface area contributed by atoms with E-state index in [0.717, 1.165) is 58.9 Å². The van der Waals surface area contributed by atoms with Crippen molar-refractivity contribution in [2.75, 3.05) is 26.4 Å². The lowest BCUT2D eigenvalue weighted by molar-refractivity contribution is -0.254. The molecular formula is C55H61FN2O7. The van der Waals surface area contributed by atoms with Gasteiger partial charge in [-0.15, -0.1) is 6.58 Å². The van der Waals surface area contributed by atoms with E-state index < -0.39 is 17.7 Å². The lowest BCUT2D eigenvalue weighted by Gasteiger charge is -2.60. The average molecular weight is 881 g/mol. The van der Waals surface area contributed by atoms with E-state index in [1.807, 2.05) is 95.9 Å². The molecule has 1 amide bonds. The summed E-state index contributed by atoms with van der Waals surface area (Å²) in [6.45, 7) is 7.21. The number of oxime groups is 1. The normalized spacial score (nSPS) is 22.6. The Morgan fingerprint density at radius 2 is 1.65 bits per heavy atom. The first-order valence-electron chi connectivity index (χ1n) is 23.3. The van der Waals surface area contributed by atoms with Gasteiger partial charge in [0.15, 0.2) is 0 Å². The number of fused-ring (bicyclic) bond motifs is 3. The zero-order valence-corrected chi connectivity index (χ0v) is 37.3. The van der Waals surface area contributed by atoms with Gasteiger partial charge in [-0.1, -0.05) is 116 Å². The number of halogens is 1. The smallest absolute Gasteiger partial charge is 0.254 e. The molecular weight excluding hydrogens is 820 g/mol. The summed E-state index contributed by atoms with van der Waals surface area (Å²) in [5.41, 5.74) is 4.60. The van der Waals surface area contributed by atoms with Crippen LogP contribution in [0.5, 0.6) is 11.5 Å². The van der Waals surface area contributed by atoms with Crippen molar-refractivity contribution in [3.63, 3.8) is 0 Å². The number of unbranched alkanes of at least 4 members (excludes halogenated alkanes) is 2. The molecule has 1 aliphatic heterocycles. The Hall–Kier alpha value is -5.81. The molecule has 10 heteroatoms. The van der Waals surface area contributed by atoms with Gasteiger partial charge in [0.25, 0.3) is 5.91 Å². The van der Waals surface area contributed by atoms with Gasteiger partial charge in [0, 0.05) is 48.8 Å². The number of allylic oxidation sites excluding steroid dienone is 1. The molecule has 1 heterocycles. The molecule has 0 aromatic heterocycles. The molecule has 8 rings (SSSR count). The van der Waals surface area contributed by atoms with Crippen LogP contribution in [0, 0.1) is 23.6 Å². The molecule has 0 radical (unpaired) electrons. The first-order chi connectivity index (χ1) is 31.9. The van der Waals surface area contributed by atoms with Crippen molar-refractivity contribution >= 4 is 22.4 Å². The van der Waals surface area contributed by atoms with E-state index in [9.17, 15) is 14.6 Å². The highest BCUT2D eigenvalue weighted by Gasteiger charge is 2.65. The van der Waals surface area contributed by atoms with Crippen molar-refractivity contribution in [3.05, 3.63) is 168 Å². The number of amides is 1. The van der Waals surface area contributed by atoms with Crippen LogP contribution in [0.4, 0.5) is 4.39 Å². The summed E-state index contributed by atoms with van der Waals surface area (Å²) in [4.78, 5) is 23.5. The number of aliphatic hydroxyl groups excluding tert-OH is 2. The molecule has 3 aliphatic rings. The Morgan fingerprint density at radius 3 is 2.42 bits per heavy atom. The van der Waals surface area contributed by atoms with Crippen LogP contribution in [0.2, 0.25) is 0 Å².